The average Bonchev–Trinajstić information content (AvgIpc) is 2.82. The molecule has 0 amide bonds. The van der Waals surface area contributed by atoms with Crippen LogP contribution in [0.3, 0.4) is 0 Å². The Hall–Kier alpha value is -1.27. The highest BCUT2D eigenvalue weighted by molar-refractivity contribution is 14.1. The summed E-state index contributed by atoms with van der Waals surface area (Å²) < 4.78 is 18.2. The lowest BCUT2D eigenvalue weighted by Crippen LogP contribution is -2.31. The van der Waals surface area contributed by atoms with Crippen LogP contribution in [0.5, 0.6) is 0 Å². The molecule has 1 aliphatic rings. The number of esters is 2. The summed E-state index contributed by atoms with van der Waals surface area (Å²) in [7, 11) is 0. The van der Waals surface area contributed by atoms with E-state index >= 15 is 0 Å². The first-order valence-corrected chi connectivity index (χ1v) is 8.23. The van der Waals surface area contributed by atoms with Crippen LogP contribution in [-0.2, 0) is 23.8 Å². The molecule has 1 fully saturated rings. The van der Waals surface area contributed by atoms with Gasteiger partial charge in [0.15, 0.2) is 0 Å². The molecule has 0 bridgehead atoms. The fourth-order valence-electron chi connectivity index (χ4n) is 2.23. The maximum absolute atomic E-state index is 12.0. The summed E-state index contributed by atoms with van der Waals surface area (Å²) in [6.07, 6.45) is -0.0460. The Morgan fingerprint density at radius 1 is 1.48 bits per heavy atom. The molecule has 0 spiro atoms. The Kier molecular flexibility index (Phi) is 5.92. The number of carbonyl (C=O) groups excluding carboxylic acids is 2. The van der Waals surface area contributed by atoms with Crippen LogP contribution < -0.4 is 5.69 Å². The molecule has 1 N–H and O–H groups in total. The highest BCUT2D eigenvalue weighted by Gasteiger charge is 2.39. The fourth-order valence-corrected chi connectivity index (χ4v) is 2.81. The van der Waals surface area contributed by atoms with Crippen LogP contribution >= 0.6 is 34.8 Å². The quantitative estimate of drug-likeness (QED) is 0.416. The number of aromatic nitrogens is 2. The Balaban J connectivity index is 2.23. The lowest BCUT2D eigenvalue weighted by atomic mass is 10.2. The Labute approximate surface area is 150 Å². The van der Waals surface area contributed by atoms with E-state index in [2.05, 4.69) is 4.98 Å². The summed E-state index contributed by atoms with van der Waals surface area (Å²) in [4.78, 5) is 36.8. The van der Waals surface area contributed by atoms with Gasteiger partial charge < -0.3 is 14.2 Å². The van der Waals surface area contributed by atoms with Crippen LogP contribution in [-0.4, -0.2) is 40.3 Å². The molecule has 8 nitrogen and oxygen atoms in total. The zero-order valence-electron chi connectivity index (χ0n) is 12.4. The van der Waals surface area contributed by atoms with Crippen LogP contribution in [0.1, 0.15) is 26.5 Å². The van der Waals surface area contributed by atoms with Gasteiger partial charge in [-0.3, -0.25) is 19.1 Å². The number of rotatable bonds is 4. The Morgan fingerprint density at radius 2 is 2.17 bits per heavy atom. The van der Waals surface area contributed by atoms with Crippen LogP contribution in [0.25, 0.3) is 0 Å². The molecule has 3 atom stereocenters. The fraction of sp³-hybridized carbons (Fsp3) is 0.538. The summed E-state index contributed by atoms with van der Waals surface area (Å²) in [6.45, 7) is 2.50. The van der Waals surface area contributed by atoms with Gasteiger partial charge in [-0.15, -0.1) is 0 Å². The number of nitrogens with one attached hydrogen (secondary N) is 1. The van der Waals surface area contributed by atoms with E-state index in [1.54, 1.807) is 6.20 Å². The molecule has 10 heteroatoms. The number of hydrogen-bond acceptors (Lipinski definition) is 7. The van der Waals surface area contributed by atoms with Gasteiger partial charge in [-0.25, -0.2) is 4.79 Å². The topological polar surface area (TPSA) is 99.6 Å². The number of nitrogens with zero attached hydrogens (tertiary/aromatic N) is 1. The predicted molar refractivity (Wildman–Crippen MR) is 89.3 cm³/mol. The van der Waals surface area contributed by atoms with E-state index in [9.17, 15) is 14.4 Å². The summed E-state index contributed by atoms with van der Waals surface area (Å²) in [5.74, 6) is -0.935. The average molecular weight is 454 g/mol. The third-order valence-corrected chi connectivity index (χ3v) is 4.69. The molecular formula is C13H15IN2O6S. The molecule has 1 aliphatic heterocycles. The van der Waals surface area contributed by atoms with E-state index in [1.807, 2.05) is 22.6 Å². The molecule has 126 valence electrons. The molecule has 0 saturated carbocycles. The zero-order valence-corrected chi connectivity index (χ0v) is 15.4. The van der Waals surface area contributed by atoms with Crippen molar-refractivity contribution in [1.82, 2.24) is 9.55 Å². The standard InChI is InChI=1S/C13H15IN2O6S/c1-6(17)20-5-10-9(21-7(2)18)3-11(22-10)16-4-8(14)12(23)15-13(16)19/h4,9-11H,3,5H2,1-2H3,(H,15,19,23)/t9-,10+,11+/m0/s1. The summed E-state index contributed by atoms with van der Waals surface area (Å²) in [5, 5.41) is 0. The number of carbonyl (C=O) groups is 2. The number of H-pyrrole nitrogens is 1. The van der Waals surface area contributed by atoms with Crippen LogP contribution in [0, 0.1) is 8.21 Å². The van der Waals surface area contributed by atoms with Gasteiger partial charge in [-0.2, -0.15) is 0 Å². The molecule has 1 saturated heterocycles. The molecule has 2 heterocycles. The highest BCUT2D eigenvalue weighted by atomic mass is 127. The molecule has 1 aromatic heterocycles. The first-order valence-electron chi connectivity index (χ1n) is 6.75. The Morgan fingerprint density at radius 3 is 2.78 bits per heavy atom. The molecule has 0 aromatic carbocycles. The van der Waals surface area contributed by atoms with Crippen molar-refractivity contribution in [2.24, 2.45) is 0 Å². The minimum absolute atomic E-state index is 0.0571. The van der Waals surface area contributed by atoms with Gasteiger partial charge in [0.1, 0.15) is 29.7 Å². The lowest BCUT2D eigenvalue weighted by Gasteiger charge is -2.17. The minimum atomic E-state index is -0.646. The van der Waals surface area contributed by atoms with Crippen LogP contribution in [0.4, 0.5) is 0 Å². The van der Waals surface area contributed by atoms with Gasteiger partial charge in [-0.1, -0.05) is 12.2 Å². The zero-order chi connectivity index (χ0) is 17.1. The molecular weight excluding hydrogens is 439 g/mol. The highest BCUT2D eigenvalue weighted by Crippen LogP contribution is 2.30. The second kappa shape index (κ2) is 7.53. The second-order valence-electron chi connectivity index (χ2n) is 4.96. The minimum Gasteiger partial charge on any atom is -0.463 e. The Bertz CT molecular complexity index is 730. The lowest BCUT2D eigenvalue weighted by molar-refractivity contribution is -0.155. The van der Waals surface area contributed by atoms with E-state index in [0.717, 1.165) is 0 Å². The SMILES string of the molecule is CC(=O)OC[C@H]1O[C@@H](n2cc(I)c(=S)[nH]c2=O)C[C@@H]1OC(C)=O. The molecule has 1 aromatic rings. The summed E-state index contributed by atoms with van der Waals surface area (Å²) >= 11 is 7.01. The third kappa shape index (κ3) is 4.61. The van der Waals surface area contributed by atoms with Gasteiger partial charge in [0.25, 0.3) is 0 Å². The van der Waals surface area contributed by atoms with Crippen LogP contribution in [0.15, 0.2) is 11.0 Å². The first-order chi connectivity index (χ1) is 10.8. The molecule has 2 rings (SSSR count). The second-order valence-corrected chi connectivity index (χ2v) is 6.53. The first kappa shape index (κ1) is 18.1. The predicted octanol–water partition coefficient (Wildman–Crippen LogP) is 1.29. The van der Waals surface area contributed by atoms with Crippen molar-refractivity contribution >= 4 is 46.7 Å². The van der Waals surface area contributed by atoms with Crippen molar-refractivity contribution < 1.29 is 23.8 Å². The van der Waals surface area contributed by atoms with Gasteiger partial charge in [0.05, 0.1) is 3.57 Å². The number of hydrogen-bond donors (Lipinski definition) is 1. The van der Waals surface area contributed by atoms with Crippen molar-refractivity contribution in [1.29, 1.82) is 0 Å². The molecule has 23 heavy (non-hydrogen) atoms. The van der Waals surface area contributed by atoms with Crippen molar-refractivity contribution in [2.75, 3.05) is 6.61 Å². The van der Waals surface area contributed by atoms with Gasteiger partial charge in [-0.05, 0) is 22.6 Å². The smallest absolute Gasteiger partial charge is 0.328 e. The van der Waals surface area contributed by atoms with Crippen LogP contribution in [0.2, 0.25) is 0 Å². The van der Waals surface area contributed by atoms with E-state index in [4.69, 9.17) is 26.4 Å². The van der Waals surface area contributed by atoms with Gasteiger partial charge in [0, 0.05) is 26.5 Å². The van der Waals surface area contributed by atoms with Gasteiger partial charge >= 0.3 is 17.6 Å². The van der Waals surface area contributed by atoms with E-state index in [1.165, 1.54) is 18.4 Å². The molecule has 0 unspecified atom stereocenters. The van der Waals surface area contributed by atoms with Gasteiger partial charge in [0.2, 0.25) is 0 Å². The number of aromatic amines is 1. The summed E-state index contributed by atoms with van der Waals surface area (Å²) in [5.41, 5.74) is -0.421. The van der Waals surface area contributed by atoms with Crippen molar-refractivity contribution in [3.05, 3.63) is 24.9 Å². The van der Waals surface area contributed by atoms with Crippen molar-refractivity contribution in [3.8, 4) is 0 Å². The molecule has 0 radical (unpaired) electrons. The monoisotopic (exact) mass is 454 g/mol. The maximum atomic E-state index is 12.0. The normalized spacial score (nSPS) is 23.5. The largest absolute Gasteiger partial charge is 0.463 e. The van der Waals surface area contributed by atoms with E-state index in [0.29, 0.717) is 8.21 Å². The number of halogens is 1. The van der Waals surface area contributed by atoms with Crippen molar-refractivity contribution in [3.63, 3.8) is 0 Å². The third-order valence-electron chi connectivity index (χ3n) is 3.18. The molecule has 0 aliphatic carbocycles. The summed E-state index contributed by atoms with van der Waals surface area (Å²) in [6, 6.07) is 0. The van der Waals surface area contributed by atoms with Crippen molar-refractivity contribution in [2.45, 2.75) is 38.7 Å². The van der Waals surface area contributed by atoms with E-state index < -0.39 is 36.1 Å². The van der Waals surface area contributed by atoms with E-state index in [-0.39, 0.29) is 13.0 Å². The number of ether oxygens (including phenoxy) is 3. The maximum Gasteiger partial charge on any atom is 0.328 e.